The topological polar surface area (TPSA) is 89.3 Å². The number of aromatic nitrogens is 2. The molecule has 0 saturated carbocycles. The average molecular weight is 497 g/mol. The third kappa shape index (κ3) is 5.25. The second-order valence-corrected chi connectivity index (χ2v) is 7.94. The van der Waals surface area contributed by atoms with Crippen molar-refractivity contribution >= 4 is 56.1 Å². The van der Waals surface area contributed by atoms with Crippen molar-refractivity contribution in [1.82, 2.24) is 15.3 Å². The van der Waals surface area contributed by atoms with Gasteiger partial charge in [-0.2, -0.15) is 4.98 Å². The fourth-order valence-corrected chi connectivity index (χ4v) is 3.27. The Bertz CT molecular complexity index is 1220. The predicted molar refractivity (Wildman–Crippen MR) is 126 cm³/mol. The Labute approximate surface area is 192 Å². The Morgan fingerprint density at radius 2 is 2.00 bits per heavy atom. The zero-order chi connectivity index (χ0) is 21.8. The van der Waals surface area contributed by atoms with Crippen LogP contribution in [0.15, 0.2) is 69.7 Å². The number of anilines is 1. The molecule has 1 amide bonds. The lowest BCUT2D eigenvalue weighted by Gasteiger charge is -2.13. The lowest BCUT2D eigenvalue weighted by Crippen LogP contribution is -2.37. The number of aryl methyl sites for hydroxylation is 1. The van der Waals surface area contributed by atoms with Crippen molar-refractivity contribution in [2.45, 2.75) is 6.92 Å². The second-order valence-electron chi connectivity index (χ2n) is 6.62. The number of carbonyl (C=O) groups is 1. The number of carbonyl (C=O) groups excluding carboxylic acids is 1. The van der Waals surface area contributed by atoms with Gasteiger partial charge in [-0.3, -0.25) is 10.1 Å². The van der Waals surface area contributed by atoms with Crippen LogP contribution in [0.25, 0.3) is 22.7 Å². The van der Waals surface area contributed by atoms with Crippen LogP contribution in [0.2, 0.25) is 0 Å². The van der Waals surface area contributed by atoms with Crippen molar-refractivity contribution in [3.63, 3.8) is 0 Å². The maximum Gasteiger partial charge on any atom is 0.264 e. The summed E-state index contributed by atoms with van der Waals surface area (Å²) in [6, 6.07) is 16.5. The van der Waals surface area contributed by atoms with E-state index >= 15 is 0 Å². The minimum Gasteiger partial charge on any atom is -0.484 e. The zero-order valence-electron chi connectivity index (χ0n) is 16.4. The first-order valence-corrected chi connectivity index (χ1v) is 10.5. The molecule has 0 atom stereocenters. The number of rotatable bonds is 5. The van der Waals surface area contributed by atoms with Crippen LogP contribution in [-0.4, -0.2) is 27.6 Å². The average Bonchev–Trinajstić information content (AvgIpc) is 3.19. The van der Waals surface area contributed by atoms with Gasteiger partial charge >= 0.3 is 0 Å². The molecule has 0 aliphatic carbocycles. The highest BCUT2D eigenvalue weighted by Crippen LogP contribution is 2.27. The molecule has 0 fully saturated rings. The van der Waals surface area contributed by atoms with Crippen molar-refractivity contribution in [3.8, 4) is 17.2 Å². The quantitative estimate of drug-likeness (QED) is 0.381. The van der Waals surface area contributed by atoms with E-state index in [0.29, 0.717) is 22.9 Å². The summed E-state index contributed by atoms with van der Waals surface area (Å²) < 4.78 is 12.2. The third-order valence-corrected chi connectivity index (χ3v) is 5.07. The van der Waals surface area contributed by atoms with E-state index in [1.165, 1.54) is 0 Å². The van der Waals surface area contributed by atoms with E-state index in [2.05, 4.69) is 36.5 Å². The summed E-state index contributed by atoms with van der Waals surface area (Å²) in [7, 11) is 0. The van der Waals surface area contributed by atoms with Crippen LogP contribution in [0.3, 0.4) is 0 Å². The maximum atomic E-state index is 12.2. The van der Waals surface area contributed by atoms with Gasteiger partial charge in [0.25, 0.3) is 5.91 Å². The van der Waals surface area contributed by atoms with E-state index in [4.69, 9.17) is 21.4 Å². The van der Waals surface area contributed by atoms with Crippen molar-refractivity contribution in [1.29, 1.82) is 0 Å². The SMILES string of the molecule is Cc1ccc(-c2nc3ncccc3o2)cc1NC(=S)NC(=O)COc1ccc(Br)cc1. The number of thiocarbonyl (C=S) groups is 1. The smallest absolute Gasteiger partial charge is 0.264 e. The maximum absolute atomic E-state index is 12.2. The molecule has 0 saturated heterocycles. The highest BCUT2D eigenvalue weighted by Gasteiger charge is 2.12. The summed E-state index contributed by atoms with van der Waals surface area (Å²) in [4.78, 5) is 20.8. The number of benzene rings is 2. The molecule has 4 aromatic rings. The molecule has 9 heteroatoms. The summed E-state index contributed by atoms with van der Waals surface area (Å²) in [5.41, 5.74) is 3.59. The molecule has 2 aromatic carbocycles. The largest absolute Gasteiger partial charge is 0.484 e. The van der Waals surface area contributed by atoms with Gasteiger partial charge in [-0.05, 0) is 73.2 Å². The molecule has 0 aliphatic rings. The summed E-state index contributed by atoms with van der Waals surface area (Å²) in [6.07, 6.45) is 1.67. The Balaban J connectivity index is 1.40. The zero-order valence-corrected chi connectivity index (χ0v) is 18.8. The Kier molecular flexibility index (Phi) is 6.24. The van der Waals surface area contributed by atoms with Crippen molar-refractivity contribution in [2.24, 2.45) is 0 Å². The number of amides is 1. The molecule has 0 aliphatic heterocycles. The number of halogens is 1. The van der Waals surface area contributed by atoms with Crippen LogP contribution in [0, 0.1) is 6.92 Å². The lowest BCUT2D eigenvalue weighted by molar-refractivity contribution is -0.121. The first-order valence-electron chi connectivity index (χ1n) is 9.30. The number of pyridine rings is 1. The van der Waals surface area contributed by atoms with Gasteiger partial charge < -0.3 is 14.5 Å². The molecule has 2 aromatic heterocycles. The summed E-state index contributed by atoms with van der Waals surface area (Å²) in [5, 5.41) is 5.83. The van der Waals surface area contributed by atoms with Crippen molar-refractivity contribution in [2.75, 3.05) is 11.9 Å². The number of oxazole rings is 1. The molecule has 31 heavy (non-hydrogen) atoms. The van der Waals surface area contributed by atoms with Gasteiger partial charge in [-0.15, -0.1) is 0 Å². The molecule has 0 bridgehead atoms. The molecule has 0 spiro atoms. The van der Waals surface area contributed by atoms with E-state index in [1.54, 1.807) is 24.4 Å². The van der Waals surface area contributed by atoms with Crippen LogP contribution in [0.5, 0.6) is 5.75 Å². The van der Waals surface area contributed by atoms with E-state index < -0.39 is 0 Å². The highest BCUT2D eigenvalue weighted by molar-refractivity contribution is 9.10. The van der Waals surface area contributed by atoms with E-state index in [1.807, 2.05) is 43.3 Å². The van der Waals surface area contributed by atoms with Gasteiger partial charge in [0.05, 0.1) is 0 Å². The van der Waals surface area contributed by atoms with Crippen LogP contribution in [-0.2, 0) is 4.79 Å². The van der Waals surface area contributed by atoms with Gasteiger partial charge in [-0.1, -0.05) is 22.0 Å². The van der Waals surface area contributed by atoms with Crippen LogP contribution in [0.4, 0.5) is 5.69 Å². The minimum atomic E-state index is -0.362. The van der Waals surface area contributed by atoms with Crippen LogP contribution >= 0.6 is 28.1 Å². The van der Waals surface area contributed by atoms with Crippen LogP contribution in [0.1, 0.15) is 5.56 Å². The molecule has 0 unspecified atom stereocenters. The van der Waals surface area contributed by atoms with E-state index in [9.17, 15) is 4.79 Å². The standard InChI is InChI=1S/C22H17BrN4O3S/c1-13-4-5-14(21-27-20-18(30-21)3-2-10-24-20)11-17(13)25-22(31)26-19(28)12-29-16-8-6-15(23)7-9-16/h2-11H,12H2,1H3,(H2,25,26,28,31). The first-order chi connectivity index (χ1) is 15.0. The molecule has 2 heterocycles. The number of ether oxygens (including phenoxy) is 1. The highest BCUT2D eigenvalue weighted by atomic mass is 79.9. The Hall–Kier alpha value is -3.30. The number of hydrogen-bond acceptors (Lipinski definition) is 6. The predicted octanol–water partition coefficient (Wildman–Crippen LogP) is 4.85. The molecule has 156 valence electrons. The molecule has 0 radical (unpaired) electrons. The number of fused-ring (bicyclic) bond motifs is 1. The van der Waals surface area contributed by atoms with Gasteiger partial charge in [0, 0.05) is 21.9 Å². The summed E-state index contributed by atoms with van der Waals surface area (Å²) >= 11 is 8.63. The van der Waals surface area contributed by atoms with Crippen molar-refractivity contribution in [3.05, 3.63) is 70.8 Å². The summed E-state index contributed by atoms with van der Waals surface area (Å²) in [5.74, 6) is 0.683. The number of hydrogen-bond donors (Lipinski definition) is 2. The number of nitrogens with zero attached hydrogens (tertiary/aromatic N) is 2. The minimum absolute atomic E-state index is 0.154. The monoisotopic (exact) mass is 496 g/mol. The second kappa shape index (κ2) is 9.23. The molecule has 2 N–H and O–H groups in total. The van der Waals surface area contributed by atoms with Gasteiger partial charge in [0.1, 0.15) is 5.75 Å². The molecule has 4 rings (SSSR count). The van der Waals surface area contributed by atoms with Crippen LogP contribution < -0.4 is 15.4 Å². The van der Waals surface area contributed by atoms with Gasteiger partial charge in [-0.25, -0.2) is 4.98 Å². The first kappa shape index (κ1) is 21.0. The van der Waals surface area contributed by atoms with Gasteiger partial charge in [0.15, 0.2) is 22.9 Å². The Morgan fingerprint density at radius 3 is 2.77 bits per heavy atom. The van der Waals surface area contributed by atoms with E-state index in [0.717, 1.165) is 21.3 Å². The third-order valence-electron chi connectivity index (χ3n) is 4.33. The molecular weight excluding hydrogens is 480 g/mol. The van der Waals surface area contributed by atoms with E-state index in [-0.39, 0.29) is 17.6 Å². The fourth-order valence-electron chi connectivity index (χ4n) is 2.78. The Morgan fingerprint density at radius 1 is 1.19 bits per heavy atom. The lowest BCUT2D eigenvalue weighted by atomic mass is 10.1. The normalized spacial score (nSPS) is 10.6. The number of nitrogens with one attached hydrogen (secondary N) is 2. The summed E-state index contributed by atoms with van der Waals surface area (Å²) in [6.45, 7) is 1.78. The fraction of sp³-hybridized carbons (Fsp3) is 0.0909. The van der Waals surface area contributed by atoms with Crippen molar-refractivity contribution < 1.29 is 13.9 Å². The molecule has 7 nitrogen and oxygen atoms in total. The van der Waals surface area contributed by atoms with Gasteiger partial charge in [0.2, 0.25) is 5.89 Å². The molecular formula is C22H17BrN4O3S.